The lowest BCUT2D eigenvalue weighted by Gasteiger charge is -2.07. The van der Waals surface area contributed by atoms with E-state index in [9.17, 15) is 0 Å². The minimum atomic E-state index is 0.961. The maximum atomic E-state index is 4.68. The zero-order valence-corrected chi connectivity index (χ0v) is 22.1. The van der Waals surface area contributed by atoms with Crippen LogP contribution in [0.5, 0.6) is 0 Å². The lowest BCUT2D eigenvalue weighted by Crippen LogP contribution is -2.07. The molecule has 0 aliphatic rings. The number of rotatable bonds is 19. The van der Waals surface area contributed by atoms with Crippen LogP contribution in [0.4, 0.5) is 0 Å². The number of hydrogen-bond donors (Lipinski definition) is 0. The minimum absolute atomic E-state index is 0.961. The van der Waals surface area contributed by atoms with Gasteiger partial charge in [0.2, 0.25) is 0 Å². The molecule has 4 heteroatoms. The highest BCUT2D eigenvalue weighted by Crippen LogP contribution is 2.07. The Bertz CT molecular complexity index is 763. The van der Waals surface area contributed by atoms with Gasteiger partial charge in [-0.3, -0.25) is 9.98 Å². The maximum Gasteiger partial charge on any atom is 0.0603 e. The van der Waals surface area contributed by atoms with Crippen LogP contribution in [-0.2, 0) is 13.1 Å². The predicted octanol–water partition coefficient (Wildman–Crippen LogP) is 7.29. The van der Waals surface area contributed by atoms with Gasteiger partial charge in [-0.2, -0.15) is 0 Å². The molecule has 0 aliphatic heterocycles. The first-order chi connectivity index (χ1) is 16.8. The van der Waals surface area contributed by atoms with Crippen molar-refractivity contribution in [3.8, 4) is 0 Å². The molecule has 4 nitrogen and oxygen atoms in total. The van der Waals surface area contributed by atoms with Crippen molar-refractivity contribution in [2.75, 3.05) is 13.1 Å². The fraction of sp³-hybridized carbons (Fsp3) is 0.667. The van der Waals surface area contributed by atoms with E-state index in [2.05, 4.69) is 82.0 Å². The summed E-state index contributed by atoms with van der Waals surface area (Å²) < 4.78 is 4.60. The van der Waals surface area contributed by atoms with Gasteiger partial charge in [-0.05, 0) is 49.9 Å². The summed E-state index contributed by atoms with van der Waals surface area (Å²) in [6, 6.07) is 8.63. The monoisotopic (exact) mass is 466 g/mol. The molecule has 190 valence electrons. The zero-order chi connectivity index (χ0) is 24.1. The molecular formula is C30H50N4. The molecule has 2 aromatic heterocycles. The number of nitrogens with zero attached hydrogens (tertiary/aromatic N) is 4. The summed E-state index contributed by atoms with van der Waals surface area (Å²) in [6.45, 7) is 8.65. The van der Waals surface area contributed by atoms with Crippen LogP contribution in [0.3, 0.4) is 0 Å². The van der Waals surface area contributed by atoms with Gasteiger partial charge in [0.15, 0.2) is 0 Å². The van der Waals surface area contributed by atoms with Crippen LogP contribution in [0.15, 0.2) is 59.0 Å². The third-order valence-electron chi connectivity index (χ3n) is 6.44. The van der Waals surface area contributed by atoms with Crippen LogP contribution in [0.25, 0.3) is 0 Å². The summed E-state index contributed by atoms with van der Waals surface area (Å²) in [7, 11) is 0. The lowest BCUT2D eigenvalue weighted by atomic mass is 10.1. The van der Waals surface area contributed by atoms with Gasteiger partial charge in [-0.15, -0.1) is 0 Å². The van der Waals surface area contributed by atoms with Crippen LogP contribution >= 0.6 is 0 Å². The van der Waals surface area contributed by atoms with Crippen LogP contribution in [0, 0.1) is 0 Å². The summed E-state index contributed by atoms with van der Waals surface area (Å²) in [5.41, 5.74) is 0. The van der Waals surface area contributed by atoms with E-state index >= 15 is 0 Å². The van der Waals surface area contributed by atoms with Gasteiger partial charge in [0.1, 0.15) is 0 Å². The highest BCUT2D eigenvalue weighted by Gasteiger charge is 1.95. The molecule has 2 aromatic rings. The van der Waals surface area contributed by atoms with Gasteiger partial charge in [0, 0.05) is 51.0 Å². The molecule has 0 fully saturated rings. The second-order valence-electron chi connectivity index (χ2n) is 9.59. The first-order valence-corrected chi connectivity index (χ1v) is 14.1. The molecular weight excluding hydrogens is 416 g/mol. The Morgan fingerprint density at radius 1 is 0.471 bits per heavy atom. The Morgan fingerprint density at radius 2 is 0.824 bits per heavy atom. The standard InChI is InChI=1S/C30H50N4/c1-3-5-7-13-21-31-29-17-25-33(26-18-29)23-15-11-9-10-12-16-24-34-27-19-30(20-28-34)32-22-14-8-6-4-2/h17-20,25-28H,3-16,21-24H2,1-2H3. The summed E-state index contributed by atoms with van der Waals surface area (Å²) >= 11 is 0. The molecule has 0 unspecified atom stereocenters. The lowest BCUT2D eigenvalue weighted by molar-refractivity contribution is 0.529. The molecule has 0 aliphatic carbocycles. The molecule has 0 aromatic carbocycles. The Morgan fingerprint density at radius 3 is 1.21 bits per heavy atom. The maximum absolute atomic E-state index is 4.68. The van der Waals surface area contributed by atoms with E-state index in [0.29, 0.717) is 0 Å². The van der Waals surface area contributed by atoms with Crippen LogP contribution < -0.4 is 10.7 Å². The van der Waals surface area contributed by atoms with Gasteiger partial charge < -0.3 is 9.13 Å². The van der Waals surface area contributed by atoms with E-state index in [1.54, 1.807) is 0 Å². The number of unbranched alkanes of at least 4 members (excludes halogenated alkanes) is 11. The van der Waals surface area contributed by atoms with E-state index in [1.165, 1.54) is 89.9 Å². The normalized spacial score (nSPS) is 11.0. The summed E-state index contributed by atoms with van der Waals surface area (Å²) in [5, 5.41) is 2.24. The summed E-state index contributed by atoms with van der Waals surface area (Å²) in [6.07, 6.45) is 26.8. The quantitative estimate of drug-likeness (QED) is 0.195. The average Bonchev–Trinajstić information content (AvgIpc) is 2.87. The molecule has 0 amide bonds. The van der Waals surface area contributed by atoms with Crippen LogP contribution in [0.1, 0.15) is 104 Å². The number of aryl methyl sites for hydroxylation is 2. The van der Waals surface area contributed by atoms with Crippen LogP contribution in [0.2, 0.25) is 0 Å². The summed E-state index contributed by atoms with van der Waals surface area (Å²) in [4.78, 5) is 9.37. The molecule has 0 saturated heterocycles. The zero-order valence-electron chi connectivity index (χ0n) is 22.1. The molecule has 0 N–H and O–H groups in total. The SMILES string of the molecule is CCCCCCN=c1ccn(CCCCCCCCn2ccc(=NCCCCCC)cc2)cc1. The van der Waals surface area contributed by atoms with E-state index in [1.807, 2.05) is 0 Å². The molecule has 2 rings (SSSR count). The van der Waals surface area contributed by atoms with Crippen molar-refractivity contribution in [2.24, 2.45) is 9.98 Å². The third kappa shape index (κ3) is 13.6. The highest BCUT2D eigenvalue weighted by molar-refractivity contribution is 4.94. The van der Waals surface area contributed by atoms with E-state index in [4.69, 9.17) is 0 Å². The fourth-order valence-corrected chi connectivity index (χ4v) is 4.20. The molecule has 0 radical (unpaired) electrons. The van der Waals surface area contributed by atoms with E-state index in [0.717, 1.165) is 36.9 Å². The van der Waals surface area contributed by atoms with E-state index in [-0.39, 0.29) is 0 Å². The minimum Gasteiger partial charge on any atom is -0.354 e. The van der Waals surface area contributed by atoms with Gasteiger partial charge in [0.05, 0.1) is 10.7 Å². The molecule has 34 heavy (non-hydrogen) atoms. The van der Waals surface area contributed by atoms with Crippen molar-refractivity contribution in [1.29, 1.82) is 0 Å². The Hall–Kier alpha value is -2.10. The van der Waals surface area contributed by atoms with Crippen LogP contribution in [-0.4, -0.2) is 22.2 Å². The summed E-state index contributed by atoms with van der Waals surface area (Å²) in [5.74, 6) is 0. The second kappa shape index (κ2) is 19.2. The van der Waals surface area contributed by atoms with E-state index < -0.39 is 0 Å². The van der Waals surface area contributed by atoms with Crippen molar-refractivity contribution in [3.05, 3.63) is 59.8 Å². The second-order valence-corrected chi connectivity index (χ2v) is 9.59. The Balaban J connectivity index is 1.49. The van der Waals surface area contributed by atoms with Gasteiger partial charge in [0.25, 0.3) is 0 Å². The van der Waals surface area contributed by atoms with Crippen molar-refractivity contribution in [3.63, 3.8) is 0 Å². The Labute approximate surface area is 208 Å². The average molecular weight is 467 g/mol. The third-order valence-corrected chi connectivity index (χ3v) is 6.44. The van der Waals surface area contributed by atoms with Crippen molar-refractivity contribution in [1.82, 2.24) is 9.13 Å². The molecule has 0 bridgehead atoms. The molecule has 0 spiro atoms. The van der Waals surface area contributed by atoms with Crippen molar-refractivity contribution in [2.45, 2.75) is 117 Å². The van der Waals surface area contributed by atoms with Crippen molar-refractivity contribution >= 4 is 0 Å². The number of aromatic nitrogens is 2. The number of pyridine rings is 2. The topological polar surface area (TPSA) is 34.6 Å². The van der Waals surface area contributed by atoms with Crippen molar-refractivity contribution < 1.29 is 0 Å². The predicted molar refractivity (Wildman–Crippen MR) is 146 cm³/mol. The van der Waals surface area contributed by atoms with Gasteiger partial charge in [-0.1, -0.05) is 78.1 Å². The largest absolute Gasteiger partial charge is 0.354 e. The van der Waals surface area contributed by atoms with Gasteiger partial charge >= 0.3 is 0 Å². The number of hydrogen-bond acceptors (Lipinski definition) is 2. The fourth-order valence-electron chi connectivity index (χ4n) is 4.20. The van der Waals surface area contributed by atoms with Gasteiger partial charge in [-0.25, -0.2) is 0 Å². The molecule has 2 heterocycles. The first-order valence-electron chi connectivity index (χ1n) is 14.1. The Kier molecular flexibility index (Phi) is 15.9. The highest BCUT2D eigenvalue weighted by atomic mass is 14.9. The molecule has 0 atom stereocenters. The smallest absolute Gasteiger partial charge is 0.0603 e. The first kappa shape index (κ1) is 28.1. The molecule has 0 saturated carbocycles.